The van der Waals surface area contributed by atoms with Crippen LogP contribution in [-0.4, -0.2) is 32.0 Å². The van der Waals surface area contributed by atoms with Crippen LogP contribution in [0.15, 0.2) is 97.2 Å². The first-order chi connectivity index (χ1) is 19.9. The van der Waals surface area contributed by atoms with E-state index in [0.29, 0.717) is 17.3 Å². The van der Waals surface area contributed by atoms with Gasteiger partial charge < -0.3 is 20.1 Å². The van der Waals surface area contributed by atoms with Crippen molar-refractivity contribution in [2.24, 2.45) is 0 Å². The van der Waals surface area contributed by atoms with Crippen LogP contribution in [0, 0.1) is 19.7 Å². The molecule has 6 rings (SSSR count). The Morgan fingerprint density at radius 1 is 1.00 bits per heavy atom. The number of nitrogens with one attached hydrogen (secondary N) is 2. The number of halogens is 1. The van der Waals surface area contributed by atoms with E-state index in [2.05, 4.69) is 26.6 Å². The Morgan fingerprint density at radius 3 is 2.56 bits per heavy atom. The Hall–Kier alpha value is -4.56. The number of amides is 1. The van der Waals surface area contributed by atoms with Gasteiger partial charge in [0.1, 0.15) is 5.82 Å². The number of carbonyl (C=O) groups excluding carboxylic acids is 1. The van der Waals surface area contributed by atoms with Crippen LogP contribution in [0.25, 0.3) is 16.5 Å². The highest BCUT2D eigenvalue weighted by molar-refractivity contribution is 7.80. The van der Waals surface area contributed by atoms with E-state index >= 15 is 0 Å². The molecule has 2 N–H and O–H groups in total. The van der Waals surface area contributed by atoms with Gasteiger partial charge in [0.15, 0.2) is 5.11 Å². The predicted octanol–water partition coefficient (Wildman–Crippen LogP) is 6.78. The molecule has 5 aromatic rings. The van der Waals surface area contributed by atoms with E-state index in [1.165, 1.54) is 6.07 Å². The number of rotatable bonds is 7. The zero-order chi connectivity index (χ0) is 28.5. The molecular weight excluding hydrogens is 533 g/mol. The molecule has 8 heteroatoms. The van der Waals surface area contributed by atoms with Gasteiger partial charge >= 0.3 is 0 Å². The maximum atomic E-state index is 14.9. The van der Waals surface area contributed by atoms with Gasteiger partial charge in [0, 0.05) is 41.6 Å². The van der Waals surface area contributed by atoms with Gasteiger partial charge in [-0.05, 0) is 73.4 Å². The molecular formula is C33H30FN5OS. The number of nitrogens with zero attached hydrogens (tertiary/aromatic N) is 3. The molecule has 0 spiro atoms. The molecule has 3 aromatic carbocycles. The molecule has 206 valence electrons. The normalized spacial score (nSPS) is 16.7. The highest BCUT2D eigenvalue weighted by Gasteiger charge is 2.41. The highest BCUT2D eigenvalue weighted by Crippen LogP contribution is 2.41. The Labute approximate surface area is 243 Å². The summed E-state index contributed by atoms with van der Waals surface area (Å²) in [6, 6.07) is 28.0. The van der Waals surface area contributed by atoms with Crippen LogP contribution < -0.4 is 10.6 Å². The quantitative estimate of drug-likeness (QED) is 0.214. The third-order valence-electron chi connectivity index (χ3n) is 7.72. The summed E-state index contributed by atoms with van der Waals surface area (Å²) in [5.74, 6) is -0.384. The number of pyridine rings is 1. The van der Waals surface area contributed by atoms with Crippen LogP contribution >= 0.6 is 12.2 Å². The van der Waals surface area contributed by atoms with Gasteiger partial charge in [0.2, 0.25) is 5.91 Å². The lowest BCUT2D eigenvalue weighted by Gasteiger charge is -2.28. The Balaban J connectivity index is 1.32. The SMILES string of the molecule is Cc1cc([C@H]2[C@@H](c3ccccn3)NC(=S)N2CCC(=O)Nc2cccc3ccccc23)c(C)n1-c1ccccc1F. The van der Waals surface area contributed by atoms with Crippen molar-refractivity contribution in [2.75, 3.05) is 11.9 Å². The number of aromatic nitrogens is 2. The third-order valence-corrected chi connectivity index (χ3v) is 8.08. The van der Waals surface area contributed by atoms with Gasteiger partial charge in [0.05, 0.1) is 23.5 Å². The smallest absolute Gasteiger partial charge is 0.226 e. The standard InChI is InChI=1S/C33H30FN5OS/c1-21-20-25(22(2)39(21)29-16-6-5-13-26(29)34)32-31(28-14-7-8-18-35-28)37-33(41)38(32)19-17-30(40)36-27-15-9-11-23-10-3-4-12-24(23)27/h3-16,18,20,31-32H,17,19H2,1-2H3,(H,36,40)(H,37,41)/t31-,32+/m1/s1. The summed E-state index contributed by atoms with van der Waals surface area (Å²) in [7, 11) is 0. The average molecular weight is 564 g/mol. The lowest BCUT2D eigenvalue weighted by Crippen LogP contribution is -2.33. The largest absolute Gasteiger partial charge is 0.352 e. The topological polar surface area (TPSA) is 62.2 Å². The van der Waals surface area contributed by atoms with E-state index in [1.807, 2.05) is 85.1 Å². The van der Waals surface area contributed by atoms with Crippen molar-refractivity contribution in [1.82, 2.24) is 19.8 Å². The number of para-hydroxylation sites is 1. The summed E-state index contributed by atoms with van der Waals surface area (Å²) in [6.45, 7) is 4.37. The lowest BCUT2D eigenvalue weighted by atomic mass is 9.96. The molecule has 1 aliphatic rings. The zero-order valence-electron chi connectivity index (χ0n) is 22.8. The van der Waals surface area contributed by atoms with Crippen LogP contribution in [-0.2, 0) is 4.79 Å². The summed E-state index contributed by atoms with van der Waals surface area (Å²) in [5.41, 5.74) is 4.95. The molecule has 1 fully saturated rings. The molecule has 2 aromatic heterocycles. The first-order valence-corrected chi connectivity index (χ1v) is 14.0. The molecule has 1 aliphatic heterocycles. The van der Waals surface area contributed by atoms with Gasteiger partial charge in [-0.2, -0.15) is 0 Å². The summed E-state index contributed by atoms with van der Waals surface area (Å²) >= 11 is 5.83. The van der Waals surface area contributed by atoms with Crippen molar-refractivity contribution in [1.29, 1.82) is 0 Å². The predicted molar refractivity (Wildman–Crippen MR) is 165 cm³/mol. The van der Waals surface area contributed by atoms with E-state index in [1.54, 1.807) is 18.3 Å². The maximum absolute atomic E-state index is 14.9. The number of anilines is 1. The van der Waals surface area contributed by atoms with Crippen molar-refractivity contribution in [3.63, 3.8) is 0 Å². The minimum atomic E-state index is -0.288. The van der Waals surface area contributed by atoms with Crippen LogP contribution in [0.2, 0.25) is 0 Å². The van der Waals surface area contributed by atoms with Gasteiger partial charge in [-0.25, -0.2) is 4.39 Å². The Kier molecular flexibility index (Phi) is 7.24. The van der Waals surface area contributed by atoms with Gasteiger partial charge in [0.25, 0.3) is 0 Å². The van der Waals surface area contributed by atoms with E-state index in [-0.39, 0.29) is 30.2 Å². The second-order valence-electron chi connectivity index (χ2n) is 10.3. The number of hydrogen-bond donors (Lipinski definition) is 2. The molecule has 1 amide bonds. The molecule has 2 atom stereocenters. The molecule has 0 bridgehead atoms. The zero-order valence-corrected chi connectivity index (χ0v) is 23.7. The number of hydrogen-bond acceptors (Lipinski definition) is 3. The number of thiocarbonyl (C=S) groups is 1. The van der Waals surface area contributed by atoms with Gasteiger partial charge in [-0.1, -0.05) is 54.6 Å². The molecule has 0 saturated carbocycles. The first kappa shape index (κ1) is 26.7. The minimum Gasteiger partial charge on any atom is -0.352 e. The molecule has 0 unspecified atom stereocenters. The van der Waals surface area contributed by atoms with Crippen LogP contribution in [0.4, 0.5) is 10.1 Å². The van der Waals surface area contributed by atoms with Gasteiger partial charge in [-0.3, -0.25) is 9.78 Å². The second kappa shape index (κ2) is 11.1. The van der Waals surface area contributed by atoms with Crippen LogP contribution in [0.5, 0.6) is 0 Å². The van der Waals surface area contributed by atoms with Gasteiger partial charge in [-0.15, -0.1) is 0 Å². The second-order valence-corrected chi connectivity index (χ2v) is 10.6. The number of fused-ring (bicyclic) bond motifs is 1. The fourth-order valence-corrected chi connectivity index (χ4v) is 6.18. The monoisotopic (exact) mass is 563 g/mol. The summed E-state index contributed by atoms with van der Waals surface area (Å²) in [4.78, 5) is 19.9. The number of carbonyl (C=O) groups is 1. The summed E-state index contributed by atoms with van der Waals surface area (Å²) in [5, 5.41) is 9.16. The van der Waals surface area contributed by atoms with Crippen molar-refractivity contribution >= 4 is 39.7 Å². The third kappa shape index (κ3) is 5.07. The Morgan fingerprint density at radius 2 is 1.76 bits per heavy atom. The fourth-order valence-electron chi connectivity index (χ4n) is 5.84. The fraction of sp³-hybridized carbons (Fsp3) is 0.182. The van der Waals surface area contributed by atoms with E-state index in [0.717, 1.165) is 39.1 Å². The lowest BCUT2D eigenvalue weighted by molar-refractivity contribution is -0.116. The van der Waals surface area contributed by atoms with E-state index < -0.39 is 0 Å². The first-order valence-electron chi connectivity index (χ1n) is 13.6. The summed E-state index contributed by atoms with van der Waals surface area (Å²) < 4.78 is 16.8. The molecule has 1 saturated heterocycles. The van der Waals surface area contributed by atoms with Crippen molar-refractivity contribution in [3.05, 3.63) is 126 Å². The molecule has 41 heavy (non-hydrogen) atoms. The summed E-state index contributed by atoms with van der Waals surface area (Å²) in [6.07, 6.45) is 2.00. The van der Waals surface area contributed by atoms with Crippen LogP contribution in [0.1, 0.15) is 41.1 Å². The van der Waals surface area contributed by atoms with Crippen LogP contribution in [0.3, 0.4) is 0 Å². The van der Waals surface area contributed by atoms with Crippen molar-refractivity contribution < 1.29 is 9.18 Å². The van der Waals surface area contributed by atoms with E-state index in [4.69, 9.17) is 12.2 Å². The highest BCUT2D eigenvalue weighted by atomic mass is 32.1. The molecule has 0 radical (unpaired) electrons. The van der Waals surface area contributed by atoms with E-state index in [9.17, 15) is 9.18 Å². The average Bonchev–Trinajstić information content (AvgIpc) is 3.47. The Bertz CT molecular complexity index is 1750. The van der Waals surface area contributed by atoms with Crippen molar-refractivity contribution in [2.45, 2.75) is 32.4 Å². The maximum Gasteiger partial charge on any atom is 0.226 e. The molecule has 3 heterocycles. The molecule has 6 nitrogen and oxygen atoms in total. The number of benzene rings is 3. The number of aryl methyl sites for hydroxylation is 1. The minimum absolute atomic E-state index is 0.0963. The van der Waals surface area contributed by atoms with Crippen molar-refractivity contribution in [3.8, 4) is 5.69 Å². The molecule has 0 aliphatic carbocycles.